The number of aromatic amines is 1. The molecule has 8 nitrogen and oxygen atoms in total. The summed E-state index contributed by atoms with van der Waals surface area (Å²) in [5.41, 5.74) is 0. The van der Waals surface area contributed by atoms with Gasteiger partial charge >= 0.3 is 0 Å². The average molecular weight is 272 g/mol. The van der Waals surface area contributed by atoms with Crippen molar-refractivity contribution in [2.75, 3.05) is 0 Å². The number of hydrogen-bond donors (Lipinski definition) is 3. The van der Waals surface area contributed by atoms with Crippen LogP contribution in [0.4, 0.5) is 0 Å². The minimum atomic E-state index is -3.83. The Balaban J connectivity index is 2.14. The van der Waals surface area contributed by atoms with Crippen LogP contribution in [0.25, 0.3) is 0 Å². The van der Waals surface area contributed by atoms with Crippen LogP contribution in [-0.4, -0.2) is 36.2 Å². The topological polar surface area (TPSA) is 121 Å². The van der Waals surface area contributed by atoms with Gasteiger partial charge in [-0.05, 0) is 13.3 Å². The van der Waals surface area contributed by atoms with Gasteiger partial charge in [-0.15, -0.1) is 0 Å². The third kappa shape index (κ3) is 2.57. The molecule has 1 aliphatic heterocycles. The number of imide groups is 1. The first kappa shape index (κ1) is 12.7. The Morgan fingerprint density at radius 2 is 2.17 bits per heavy atom. The summed E-state index contributed by atoms with van der Waals surface area (Å²) < 4.78 is 26.0. The number of piperidine rings is 1. The molecule has 3 N–H and O–H groups in total. The van der Waals surface area contributed by atoms with Gasteiger partial charge in [-0.3, -0.25) is 14.9 Å². The minimum Gasteiger partial charge on any atom is -0.332 e. The van der Waals surface area contributed by atoms with Crippen molar-refractivity contribution in [3.8, 4) is 0 Å². The van der Waals surface area contributed by atoms with E-state index in [1.165, 1.54) is 6.20 Å². The third-order valence-electron chi connectivity index (χ3n) is 2.51. The Morgan fingerprint density at radius 3 is 2.72 bits per heavy atom. The van der Waals surface area contributed by atoms with Crippen molar-refractivity contribution in [2.24, 2.45) is 0 Å². The molecule has 1 aromatic heterocycles. The lowest BCUT2D eigenvalue weighted by molar-refractivity contribution is -0.134. The second kappa shape index (κ2) is 4.50. The molecule has 0 saturated carbocycles. The number of carbonyl (C=O) groups excluding carboxylic acids is 2. The highest BCUT2D eigenvalue weighted by atomic mass is 32.2. The van der Waals surface area contributed by atoms with Crippen molar-refractivity contribution in [3.63, 3.8) is 0 Å². The van der Waals surface area contributed by atoms with Crippen LogP contribution in [0.15, 0.2) is 11.2 Å². The summed E-state index contributed by atoms with van der Waals surface area (Å²) in [6, 6.07) is -0.934. The van der Waals surface area contributed by atoms with Crippen LogP contribution < -0.4 is 10.0 Å². The van der Waals surface area contributed by atoms with Crippen LogP contribution in [0.5, 0.6) is 0 Å². The Labute approximate surface area is 103 Å². The maximum Gasteiger partial charge on any atom is 0.258 e. The maximum absolute atomic E-state index is 11.9. The number of amides is 2. The highest BCUT2D eigenvalue weighted by Crippen LogP contribution is 2.10. The first-order chi connectivity index (χ1) is 8.38. The molecule has 0 spiro atoms. The number of aryl methyl sites for hydroxylation is 1. The average Bonchev–Trinajstić information content (AvgIpc) is 2.70. The first-order valence-electron chi connectivity index (χ1n) is 5.26. The summed E-state index contributed by atoms with van der Waals surface area (Å²) in [7, 11) is -3.83. The second-order valence-corrected chi connectivity index (χ2v) is 5.64. The van der Waals surface area contributed by atoms with E-state index in [1.807, 2.05) is 0 Å². The summed E-state index contributed by atoms with van der Waals surface area (Å²) in [4.78, 5) is 28.7. The molecule has 0 aliphatic carbocycles. The quantitative estimate of drug-likeness (QED) is 0.597. The number of H-pyrrole nitrogens is 1. The lowest BCUT2D eigenvalue weighted by Crippen LogP contribution is -2.52. The summed E-state index contributed by atoms with van der Waals surface area (Å²) in [5, 5.41) is 1.97. The number of hydrogen-bond acceptors (Lipinski definition) is 5. The molecule has 2 amide bonds. The van der Waals surface area contributed by atoms with Gasteiger partial charge in [0.15, 0.2) is 5.03 Å². The molecule has 0 aromatic carbocycles. The summed E-state index contributed by atoms with van der Waals surface area (Å²) >= 11 is 0. The van der Waals surface area contributed by atoms with Crippen molar-refractivity contribution in [2.45, 2.75) is 30.8 Å². The van der Waals surface area contributed by atoms with Gasteiger partial charge in [0.2, 0.25) is 11.8 Å². The highest BCUT2D eigenvalue weighted by Gasteiger charge is 2.31. The van der Waals surface area contributed by atoms with Crippen LogP contribution in [0.3, 0.4) is 0 Å². The summed E-state index contributed by atoms with van der Waals surface area (Å²) in [5.74, 6) is -0.572. The fraction of sp³-hybridized carbons (Fsp3) is 0.444. The molecule has 18 heavy (non-hydrogen) atoms. The Hall–Kier alpha value is -1.74. The third-order valence-corrected chi connectivity index (χ3v) is 3.89. The molecule has 1 aliphatic rings. The molecule has 1 unspecified atom stereocenters. The van der Waals surface area contributed by atoms with Crippen molar-refractivity contribution in [1.82, 2.24) is 20.0 Å². The number of nitrogens with one attached hydrogen (secondary N) is 3. The molecule has 9 heteroatoms. The van der Waals surface area contributed by atoms with Crippen LogP contribution in [0, 0.1) is 6.92 Å². The largest absolute Gasteiger partial charge is 0.332 e. The van der Waals surface area contributed by atoms with Gasteiger partial charge in [-0.25, -0.2) is 13.4 Å². The smallest absolute Gasteiger partial charge is 0.258 e. The molecule has 1 atom stereocenters. The second-order valence-electron chi connectivity index (χ2n) is 3.96. The summed E-state index contributed by atoms with van der Waals surface area (Å²) in [6.45, 7) is 1.62. The van der Waals surface area contributed by atoms with Gasteiger partial charge in [-0.1, -0.05) is 0 Å². The zero-order valence-electron chi connectivity index (χ0n) is 9.56. The molecule has 98 valence electrons. The standard InChI is InChI=1S/C9H12N4O4S/c1-5-10-4-8(11-5)18(16,17)13-6-2-3-7(14)12-9(6)15/h4,6,13H,2-3H2,1H3,(H,10,11)(H,12,14,15). The molecule has 1 aromatic rings. The van der Waals surface area contributed by atoms with E-state index in [4.69, 9.17) is 0 Å². The van der Waals surface area contributed by atoms with E-state index >= 15 is 0 Å². The SMILES string of the molecule is Cc1ncc(S(=O)(=O)NC2CCC(=O)NC2=O)[nH]1. The predicted octanol–water partition coefficient (Wildman–Crippen LogP) is -1.20. The molecular formula is C9H12N4O4S. The molecule has 1 fully saturated rings. The molecule has 0 bridgehead atoms. The Bertz CT molecular complexity index is 591. The van der Waals surface area contributed by atoms with Crippen LogP contribution in [0.1, 0.15) is 18.7 Å². The van der Waals surface area contributed by atoms with Gasteiger partial charge < -0.3 is 4.98 Å². The maximum atomic E-state index is 11.9. The highest BCUT2D eigenvalue weighted by molar-refractivity contribution is 7.89. The zero-order chi connectivity index (χ0) is 13.3. The number of nitrogens with zero attached hydrogens (tertiary/aromatic N) is 1. The van der Waals surface area contributed by atoms with Crippen molar-refractivity contribution in [1.29, 1.82) is 0 Å². The monoisotopic (exact) mass is 272 g/mol. The zero-order valence-corrected chi connectivity index (χ0v) is 10.4. The van der Waals surface area contributed by atoms with Gasteiger partial charge in [0.05, 0.1) is 6.20 Å². The first-order valence-corrected chi connectivity index (χ1v) is 6.74. The summed E-state index contributed by atoms with van der Waals surface area (Å²) in [6.07, 6.45) is 1.43. The van der Waals surface area contributed by atoms with E-state index < -0.39 is 27.9 Å². The van der Waals surface area contributed by atoms with Gasteiger partial charge in [0.25, 0.3) is 10.0 Å². The van der Waals surface area contributed by atoms with E-state index in [-0.39, 0.29) is 17.9 Å². The lowest BCUT2D eigenvalue weighted by atomic mass is 10.1. The van der Waals surface area contributed by atoms with Crippen molar-refractivity contribution in [3.05, 3.63) is 12.0 Å². The fourth-order valence-electron chi connectivity index (χ4n) is 1.59. The van der Waals surface area contributed by atoms with E-state index in [0.29, 0.717) is 5.82 Å². The number of aromatic nitrogens is 2. The minimum absolute atomic E-state index is 0.107. The van der Waals surface area contributed by atoms with Crippen molar-refractivity contribution >= 4 is 21.8 Å². The number of carbonyl (C=O) groups is 2. The van der Waals surface area contributed by atoms with Crippen molar-refractivity contribution < 1.29 is 18.0 Å². The number of sulfonamides is 1. The Morgan fingerprint density at radius 1 is 1.44 bits per heavy atom. The normalized spacial score (nSPS) is 20.8. The van der Waals surface area contributed by atoms with Crippen LogP contribution in [-0.2, 0) is 19.6 Å². The van der Waals surface area contributed by atoms with E-state index in [0.717, 1.165) is 0 Å². The van der Waals surface area contributed by atoms with E-state index in [9.17, 15) is 18.0 Å². The van der Waals surface area contributed by atoms with E-state index in [2.05, 4.69) is 20.0 Å². The number of imidazole rings is 1. The van der Waals surface area contributed by atoms with Gasteiger partial charge in [-0.2, -0.15) is 4.72 Å². The molecule has 0 radical (unpaired) electrons. The number of rotatable bonds is 3. The lowest BCUT2D eigenvalue weighted by Gasteiger charge is -2.21. The van der Waals surface area contributed by atoms with E-state index in [1.54, 1.807) is 6.92 Å². The van der Waals surface area contributed by atoms with Gasteiger partial charge in [0, 0.05) is 6.42 Å². The van der Waals surface area contributed by atoms with Gasteiger partial charge in [0.1, 0.15) is 11.9 Å². The molecule has 2 rings (SSSR count). The van der Waals surface area contributed by atoms with Crippen LogP contribution >= 0.6 is 0 Å². The Kier molecular flexibility index (Phi) is 3.18. The fourth-order valence-corrected chi connectivity index (χ4v) is 2.79. The molecular weight excluding hydrogens is 260 g/mol. The molecule has 2 heterocycles. The molecule has 1 saturated heterocycles. The van der Waals surface area contributed by atoms with Crippen LogP contribution in [0.2, 0.25) is 0 Å². The predicted molar refractivity (Wildman–Crippen MR) is 59.8 cm³/mol.